The molecule has 0 saturated carbocycles. The topological polar surface area (TPSA) is 20.2 Å². The van der Waals surface area contributed by atoms with Gasteiger partial charge < -0.3 is 5.11 Å². The van der Waals surface area contributed by atoms with Crippen molar-refractivity contribution in [2.24, 2.45) is 0 Å². The number of aromatic hydroxyl groups is 1. The summed E-state index contributed by atoms with van der Waals surface area (Å²) in [5, 5.41) is 8.63. The fourth-order valence-electron chi connectivity index (χ4n) is 2.01. The third kappa shape index (κ3) is 8.36. The van der Waals surface area contributed by atoms with E-state index in [1.807, 2.05) is 6.07 Å². The van der Waals surface area contributed by atoms with E-state index in [4.69, 9.17) is 5.11 Å². The van der Waals surface area contributed by atoms with Gasteiger partial charge in [0.15, 0.2) is 0 Å². The normalized spacial score (nSPS) is 9.65. The lowest BCUT2D eigenvalue weighted by Crippen LogP contribution is -1.84. The van der Waals surface area contributed by atoms with E-state index in [-0.39, 0.29) is 0 Å². The van der Waals surface area contributed by atoms with Crippen LogP contribution in [0.15, 0.2) is 60.7 Å². The first-order valence-corrected chi connectivity index (χ1v) is 7.61. The van der Waals surface area contributed by atoms with Crippen LogP contribution in [0.2, 0.25) is 0 Å². The molecule has 0 aromatic heterocycles. The molecule has 108 valence electrons. The molecule has 0 amide bonds. The van der Waals surface area contributed by atoms with Crippen molar-refractivity contribution >= 4 is 0 Å². The highest BCUT2D eigenvalue weighted by Gasteiger charge is 1.91. The van der Waals surface area contributed by atoms with Crippen molar-refractivity contribution < 1.29 is 5.11 Å². The molecule has 2 rings (SSSR count). The van der Waals surface area contributed by atoms with Gasteiger partial charge in [-0.1, -0.05) is 81.1 Å². The molecule has 0 saturated heterocycles. The van der Waals surface area contributed by atoms with Crippen LogP contribution in [0.3, 0.4) is 0 Å². The molecule has 0 aliphatic heterocycles. The van der Waals surface area contributed by atoms with Gasteiger partial charge >= 0.3 is 0 Å². The van der Waals surface area contributed by atoms with Crippen LogP contribution < -0.4 is 0 Å². The Hall–Kier alpha value is -1.76. The lowest BCUT2D eigenvalue weighted by atomic mass is 10.1. The summed E-state index contributed by atoms with van der Waals surface area (Å²) < 4.78 is 0. The first-order valence-electron chi connectivity index (χ1n) is 7.61. The van der Waals surface area contributed by atoms with E-state index in [2.05, 4.69) is 37.3 Å². The smallest absolute Gasteiger partial charge is 0.115 e. The number of unbranched alkanes of at least 4 members (excludes halogenated alkanes) is 4. The van der Waals surface area contributed by atoms with Gasteiger partial charge in [-0.15, -0.1) is 0 Å². The lowest BCUT2D eigenvalue weighted by molar-refractivity contribution is 0.475. The van der Waals surface area contributed by atoms with Crippen molar-refractivity contribution in [2.75, 3.05) is 0 Å². The number of phenols is 1. The molecule has 0 atom stereocenters. The van der Waals surface area contributed by atoms with Crippen molar-refractivity contribution in [2.45, 2.75) is 45.4 Å². The molecular weight excluding hydrogens is 244 g/mol. The summed E-state index contributed by atoms with van der Waals surface area (Å²) in [5.41, 5.74) is 1.49. The Kier molecular flexibility index (Phi) is 9.04. The van der Waals surface area contributed by atoms with Crippen molar-refractivity contribution in [3.05, 3.63) is 66.2 Å². The van der Waals surface area contributed by atoms with Gasteiger partial charge in [-0.05, 0) is 30.5 Å². The molecule has 2 aromatic rings. The van der Waals surface area contributed by atoms with E-state index in [1.165, 1.54) is 44.1 Å². The van der Waals surface area contributed by atoms with E-state index in [1.54, 1.807) is 24.3 Å². The second kappa shape index (κ2) is 11.1. The lowest BCUT2D eigenvalue weighted by Gasteiger charge is -2.00. The summed E-state index contributed by atoms with van der Waals surface area (Å²) in [6.45, 7) is 2.26. The van der Waals surface area contributed by atoms with Crippen LogP contribution in [0.1, 0.15) is 44.6 Å². The molecule has 0 bridgehead atoms. The SMILES string of the molecule is CCCCCCCc1ccccc1.Oc1ccccc1. The zero-order valence-electron chi connectivity index (χ0n) is 12.5. The van der Waals surface area contributed by atoms with Crippen molar-refractivity contribution in [1.29, 1.82) is 0 Å². The Labute approximate surface area is 123 Å². The molecule has 0 spiro atoms. The highest BCUT2D eigenvalue weighted by atomic mass is 16.3. The molecule has 0 fully saturated rings. The fourth-order valence-corrected chi connectivity index (χ4v) is 2.01. The second-order valence-electron chi connectivity index (χ2n) is 4.99. The maximum absolute atomic E-state index is 8.63. The molecule has 1 N–H and O–H groups in total. The standard InChI is InChI=1S/C13H20.C6H6O/c1-2-3-4-5-7-10-13-11-8-6-9-12-13;7-6-4-2-1-3-5-6/h6,8-9,11-12H,2-5,7,10H2,1H3;1-5,7H. The minimum Gasteiger partial charge on any atom is -0.508 e. The van der Waals surface area contributed by atoms with Crippen LogP contribution in [0.5, 0.6) is 5.75 Å². The van der Waals surface area contributed by atoms with Crippen molar-refractivity contribution in [1.82, 2.24) is 0 Å². The van der Waals surface area contributed by atoms with Crippen LogP contribution in [0.25, 0.3) is 0 Å². The molecule has 20 heavy (non-hydrogen) atoms. The summed E-state index contributed by atoms with van der Waals surface area (Å²) in [6, 6.07) is 19.5. The monoisotopic (exact) mass is 270 g/mol. The van der Waals surface area contributed by atoms with E-state index in [0.717, 1.165) is 0 Å². The Balaban J connectivity index is 0.000000240. The predicted molar refractivity (Wildman–Crippen MR) is 87.0 cm³/mol. The van der Waals surface area contributed by atoms with E-state index in [9.17, 15) is 0 Å². The van der Waals surface area contributed by atoms with Crippen LogP contribution in [-0.4, -0.2) is 5.11 Å². The van der Waals surface area contributed by atoms with Gasteiger partial charge in [0.05, 0.1) is 0 Å². The average Bonchev–Trinajstić information content (AvgIpc) is 2.50. The highest BCUT2D eigenvalue weighted by Crippen LogP contribution is 2.08. The van der Waals surface area contributed by atoms with Gasteiger partial charge in [-0.3, -0.25) is 0 Å². The number of hydrogen-bond acceptors (Lipinski definition) is 1. The summed E-state index contributed by atoms with van der Waals surface area (Å²) in [4.78, 5) is 0. The third-order valence-corrected chi connectivity index (χ3v) is 3.17. The van der Waals surface area contributed by atoms with Gasteiger partial charge in [0.2, 0.25) is 0 Å². The Morgan fingerprint density at radius 1 is 0.700 bits per heavy atom. The Morgan fingerprint density at radius 3 is 1.75 bits per heavy atom. The largest absolute Gasteiger partial charge is 0.508 e. The second-order valence-corrected chi connectivity index (χ2v) is 4.99. The van der Waals surface area contributed by atoms with Crippen LogP contribution in [0.4, 0.5) is 0 Å². The maximum Gasteiger partial charge on any atom is 0.115 e. The van der Waals surface area contributed by atoms with E-state index >= 15 is 0 Å². The number of para-hydroxylation sites is 1. The van der Waals surface area contributed by atoms with E-state index in [0.29, 0.717) is 5.75 Å². The van der Waals surface area contributed by atoms with Gasteiger partial charge in [0.1, 0.15) is 5.75 Å². The summed E-state index contributed by atoms with van der Waals surface area (Å²) >= 11 is 0. The molecule has 0 unspecified atom stereocenters. The molecule has 1 nitrogen and oxygen atoms in total. The first kappa shape index (κ1) is 16.3. The number of phenolic OH excluding ortho intramolecular Hbond substituents is 1. The molecule has 0 aliphatic carbocycles. The number of rotatable bonds is 6. The quantitative estimate of drug-likeness (QED) is 0.678. The predicted octanol–water partition coefficient (Wildman–Crippen LogP) is 5.59. The van der Waals surface area contributed by atoms with Gasteiger partial charge in [-0.25, -0.2) is 0 Å². The zero-order chi connectivity index (χ0) is 14.5. The maximum atomic E-state index is 8.63. The molecule has 2 aromatic carbocycles. The minimum atomic E-state index is 0.322. The third-order valence-electron chi connectivity index (χ3n) is 3.17. The van der Waals surface area contributed by atoms with Crippen LogP contribution in [-0.2, 0) is 6.42 Å². The fraction of sp³-hybridized carbons (Fsp3) is 0.368. The molecule has 0 radical (unpaired) electrons. The average molecular weight is 270 g/mol. The minimum absolute atomic E-state index is 0.322. The van der Waals surface area contributed by atoms with Crippen molar-refractivity contribution in [3.8, 4) is 5.75 Å². The molecule has 0 heterocycles. The highest BCUT2D eigenvalue weighted by molar-refractivity contribution is 5.18. The van der Waals surface area contributed by atoms with Crippen LogP contribution >= 0.6 is 0 Å². The van der Waals surface area contributed by atoms with Crippen molar-refractivity contribution in [3.63, 3.8) is 0 Å². The first-order chi connectivity index (χ1) is 9.83. The molecule has 0 aliphatic rings. The Morgan fingerprint density at radius 2 is 1.25 bits per heavy atom. The van der Waals surface area contributed by atoms with Gasteiger partial charge in [0, 0.05) is 0 Å². The van der Waals surface area contributed by atoms with E-state index < -0.39 is 0 Å². The number of benzene rings is 2. The molecule has 1 heteroatoms. The van der Waals surface area contributed by atoms with Crippen LogP contribution in [0, 0.1) is 0 Å². The van der Waals surface area contributed by atoms with Gasteiger partial charge in [0.25, 0.3) is 0 Å². The molecular formula is C19H26O. The summed E-state index contributed by atoms with van der Waals surface area (Å²) in [7, 11) is 0. The summed E-state index contributed by atoms with van der Waals surface area (Å²) in [6.07, 6.45) is 8.14. The summed E-state index contributed by atoms with van der Waals surface area (Å²) in [5.74, 6) is 0.322. The Bertz CT molecular complexity index is 422. The number of hydrogen-bond donors (Lipinski definition) is 1. The number of aryl methyl sites for hydroxylation is 1. The van der Waals surface area contributed by atoms with Gasteiger partial charge in [-0.2, -0.15) is 0 Å². The zero-order valence-corrected chi connectivity index (χ0v) is 12.5.